The number of aliphatic hydroxyl groups is 1. The number of aliphatic hydroxyl groups excluding tert-OH is 1. The number of likely N-dealkylation sites (tertiary alicyclic amines) is 1. The Morgan fingerprint density at radius 1 is 1.21 bits per heavy atom. The van der Waals surface area contributed by atoms with Crippen LogP contribution >= 0.6 is 11.3 Å². The maximum Gasteiger partial charge on any atom is 0.244 e. The minimum Gasteiger partial charge on any atom is -0.486 e. The number of fused-ring (bicyclic) bond motifs is 2. The number of ether oxygens (including phenoxy) is 1. The molecule has 5 rings (SSSR count). The van der Waals surface area contributed by atoms with E-state index in [1.807, 2.05) is 24.6 Å². The molecular formula is C23H27N5O4S2. The number of thiazole rings is 1. The van der Waals surface area contributed by atoms with Crippen LogP contribution in [-0.4, -0.2) is 84.8 Å². The summed E-state index contributed by atoms with van der Waals surface area (Å²) in [6.45, 7) is 2.30. The molecule has 1 fully saturated rings. The Morgan fingerprint density at radius 2 is 2.09 bits per heavy atom. The molecule has 0 bridgehead atoms. The van der Waals surface area contributed by atoms with E-state index < -0.39 is 16.1 Å². The number of rotatable bonds is 3. The lowest BCUT2D eigenvalue weighted by Crippen LogP contribution is -2.47. The summed E-state index contributed by atoms with van der Waals surface area (Å²) in [6, 6.07) is 8.81. The van der Waals surface area contributed by atoms with Crippen LogP contribution in [0.3, 0.4) is 0 Å². The molecule has 3 aromatic rings. The van der Waals surface area contributed by atoms with Gasteiger partial charge in [-0.25, -0.2) is 18.1 Å². The van der Waals surface area contributed by atoms with Crippen molar-refractivity contribution in [2.45, 2.75) is 29.7 Å². The van der Waals surface area contributed by atoms with Crippen LogP contribution in [0.25, 0.3) is 11.1 Å². The molecule has 1 aromatic carbocycles. The Labute approximate surface area is 203 Å². The van der Waals surface area contributed by atoms with Gasteiger partial charge in [0, 0.05) is 55.7 Å². The average molecular weight is 502 g/mol. The first-order valence-electron chi connectivity index (χ1n) is 11.1. The van der Waals surface area contributed by atoms with E-state index in [0.717, 1.165) is 22.7 Å². The Morgan fingerprint density at radius 3 is 2.85 bits per heavy atom. The summed E-state index contributed by atoms with van der Waals surface area (Å²) in [5.41, 5.74) is 1.69. The van der Waals surface area contributed by atoms with E-state index in [-0.39, 0.29) is 23.6 Å². The van der Waals surface area contributed by atoms with E-state index in [2.05, 4.69) is 24.5 Å². The number of hydrogen-bond donors (Lipinski definition) is 2. The lowest BCUT2D eigenvalue weighted by molar-refractivity contribution is 0.0713. The molecule has 2 N–H and O–H groups in total. The molecule has 0 spiro atoms. The Hall–Kier alpha value is -2.41. The molecule has 2 aliphatic rings. The van der Waals surface area contributed by atoms with Gasteiger partial charge in [0.2, 0.25) is 10.0 Å². The highest BCUT2D eigenvalue weighted by Crippen LogP contribution is 2.33. The molecule has 0 amide bonds. The molecule has 0 saturated carbocycles. The zero-order valence-corrected chi connectivity index (χ0v) is 20.4. The van der Waals surface area contributed by atoms with Crippen LogP contribution in [-0.2, 0) is 16.6 Å². The molecule has 9 nitrogen and oxygen atoms in total. The highest BCUT2D eigenvalue weighted by atomic mass is 32.2. The first-order valence-corrected chi connectivity index (χ1v) is 13.4. The first kappa shape index (κ1) is 23.3. The van der Waals surface area contributed by atoms with E-state index in [4.69, 9.17) is 4.74 Å². The van der Waals surface area contributed by atoms with Gasteiger partial charge < -0.3 is 9.84 Å². The van der Waals surface area contributed by atoms with Crippen LogP contribution in [0.1, 0.15) is 5.01 Å². The van der Waals surface area contributed by atoms with Gasteiger partial charge in [-0.2, -0.15) is 0 Å². The second-order valence-corrected chi connectivity index (χ2v) is 11.4. The smallest absolute Gasteiger partial charge is 0.244 e. The summed E-state index contributed by atoms with van der Waals surface area (Å²) in [4.78, 5) is 13.0. The van der Waals surface area contributed by atoms with Crippen molar-refractivity contribution >= 4 is 21.4 Å². The molecule has 34 heavy (non-hydrogen) atoms. The van der Waals surface area contributed by atoms with Crippen molar-refractivity contribution in [3.63, 3.8) is 0 Å². The van der Waals surface area contributed by atoms with Gasteiger partial charge in [-0.15, -0.1) is 11.3 Å². The number of aromatic nitrogens is 2. The Bertz CT molecular complexity index is 1220. The van der Waals surface area contributed by atoms with Crippen molar-refractivity contribution in [2.75, 3.05) is 33.2 Å². The standard InChI is InChI=1S/C23H27N5O4S2/c1-27-12-18(29)11-26-34(30,31)22-5-4-16(17-3-2-6-24-10-17)9-20(22)32-21-14-28(13-19(21)27)15-23-25-7-8-33-23/h2-10,18-19,21,26,29H,11-15H2,1H3/t18-,19+,21-/m0/s1. The maximum absolute atomic E-state index is 13.1. The second-order valence-electron chi connectivity index (χ2n) is 8.69. The fourth-order valence-electron chi connectivity index (χ4n) is 4.54. The Balaban J connectivity index is 1.52. The third-order valence-electron chi connectivity index (χ3n) is 6.24. The zero-order valence-electron chi connectivity index (χ0n) is 18.7. The van der Waals surface area contributed by atoms with Gasteiger partial charge in [-0.3, -0.25) is 14.8 Å². The molecular weight excluding hydrogens is 474 g/mol. The van der Waals surface area contributed by atoms with Crippen molar-refractivity contribution in [2.24, 2.45) is 0 Å². The van der Waals surface area contributed by atoms with Gasteiger partial charge in [-0.1, -0.05) is 12.1 Å². The van der Waals surface area contributed by atoms with Crippen LogP contribution in [0.4, 0.5) is 0 Å². The lowest BCUT2D eigenvalue weighted by Gasteiger charge is -2.30. The second kappa shape index (κ2) is 9.68. The highest BCUT2D eigenvalue weighted by Gasteiger charge is 2.39. The monoisotopic (exact) mass is 501 g/mol. The molecule has 2 aliphatic heterocycles. The number of hydrogen-bond acceptors (Lipinski definition) is 9. The van der Waals surface area contributed by atoms with E-state index in [0.29, 0.717) is 25.4 Å². The summed E-state index contributed by atoms with van der Waals surface area (Å²) in [5, 5.41) is 13.5. The number of likely N-dealkylation sites (N-methyl/N-ethyl adjacent to an activating group) is 1. The van der Waals surface area contributed by atoms with Crippen LogP contribution in [0.5, 0.6) is 5.75 Å². The number of nitrogens with zero attached hydrogens (tertiary/aromatic N) is 4. The molecule has 3 atom stereocenters. The van der Waals surface area contributed by atoms with Crippen molar-refractivity contribution in [3.05, 3.63) is 59.3 Å². The summed E-state index contributed by atoms with van der Waals surface area (Å²) in [6.07, 6.45) is 4.10. The number of pyridine rings is 1. The van der Waals surface area contributed by atoms with E-state index >= 15 is 0 Å². The molecule has 11 heteroatoms. The predicted octanol–water partition coefficient (Wildman–Crippen LogP) is 1.42. The van der Waals surface area contributed by atoms with Crippen molar-refractivity contribution in [1.29, 1.82) is 0 Å². The fourth-order valence-corrected chi connectivity index (χ4v) is 6.38. The van der Waals surface area contributed by atoms with Gasteiger partial charge >= 0.3 is 0 Å². The quantitative estimate of drug-likeness (QED) is 0.555. The van der Waals surface area contributed by atoms with E-state index in [1.54, 1.807) is 48.1 Å². The molecule has 0 aliphatic carbocycles. The number of benzene rings is 1. The first-order chi connectivity index (χ1) is 16.4. The fraction of sp³-hybridized carbons (Fsp3) is 0.391. The molecule has 0 unspecified atom stereocenters. The third-order valence-corrected chi connectivity index (χ3v) is 8.46. The molecule has 180 valence electrons. The maximum atomic E-state index is 13.1. The molecule has 1 saturated heterocycles. The third kappa shape index (κ3) is 4.99. The number of sulfonamides is 1. The van der Waals surface area contributed by atoms with Gasteiger partial charge in [0.25, 0.3) is 0 Å². The number of β-amino-alcohol motifs (C(OH)–C–C–N with tert-alkyl or cyclic N) is 1. The van der Waals surface area contributed by atoms with Gasteiger partial charge in [-0.05, 0) is 30.8 Å². The van der Waals surface area contributed by atoms with E-state index in [1.165, 1.54) is 0 Å². The van der Waals surface area contributed by atoms with Crippen LogP contribution in [0, 0.1) is 0 Å². The average Bonchev–Trinajstić information content (AvgIpc) is 3.48. The van der Waals surface area contributed by atoms with Gasteiger partial charge in [0.15, 0.2) is 0 Å². The zero-order chi connectivity index (χ0) is 23.7. The van der Waals surface area contributed by atoms with Crippen molar-refractivity contribution in [1.82, 2.24) is 24.5 Å². The SMILES string of the molecule is CN1C[C@@H](O)CNS(=O)(=O)c2ccc(-c3cccnc3)cc2O[C@H]2CN(Cc3nccs3)C[C@H]21. The van der Waals surface area contributed by atoms with E-state index in [9.17, 15) is 13.5 Å². The lowest BCUT2D eigenvalue weighted by atomic mass is 10.1. The van der Waals surface area contributed by atoms with Crippen LogP contribution < -0.4 is 9.46 Å². The van der Waals surface area contributed by atoms with Crippen molar-refractivity contribution < 1.29 is 18.3 Å². The van der Waals surface area contributed by atoms with Gasteiger partial charge in [0.1, 0.15) is 21.8 Å². The topological polar surface area (TPSA) is 108 Å². The largest absolute Gasteiger partial charge is 0.486 e. The van der Waals surface area contributed by atoms with Crippen LogP contribution in [0.2, 0.25) is 0 Å². The summed E-state index contributed by atoms with van der Waals surface area (Å²) < 4.78 is 35.3. The molecule has 4 heterocycles. The predicted molar refractivity (Wildman–Crippen MR) is 129 cm³/mol. The molecule has 2 aromatic heterocycles. The van der Waals surface area contributed by atoms with Crippen LogP contribution in [0.15, 0.2) is 59.2 Å². The molecule has 0 radical (unpaired) electrons. The normalized spacial score (nSPS) is 25.6. The highest BCUT2D eigenvalue weighted by molar-refractivity contribution is 7.89. The number of nitrogens with one attached hydrogen (secondary N) is 1. The summed E-state index contributed by atoms with van der Waals surface area (Å²) in [7, 11) is -1.94. The minimum absolute atomic E-state index is 0.0229. The van der Waals surface area contributed by atoms with Crippen molar-refractivity contribution in [3.8, 4) is 16.9 Å². The Kier molecular flexibility index (Phi) is 6.65. The van der Waals surface area contributed by atoms with Gasteiger partial charge in [0.05, 0.1) is 18.7 Å². The summed E-state index contributed by atoms with van der Waals surface area (Å²) >= 11 is 1.61. The minimum atomic E-state index is -3.88. The summed E-state index contributed by atoms with van der Waals surface area (Å²) in [5.74, 6) is 0.296.